The second-order valence-electron chi connectivity index (χ2n) is 9.99. The average Bonchev–Trinajstić information content (AvgIpc) is 3.17. The van der Waals surface area contributed by atoms with Gasteiger partial charge in [0.2, 0.25) is 0 Å². The summed E-state index contributed by atoms with van der Waals surface area (Å²) in [6, 6.07) is 14.4. The Balaban J connectivity index is 1.65. The molecule has 2 aliphatic rings. The van der Waals surface area contributed by atoms with Crippen molar-refractivity contribution < 1.29 is 24.2 Å². The van der Waals surface area contributed by atoms with E-state index >= 15 is 0 Å². The van der Waals surface area contributed by atoms with Crippen LogP contribution >= 0.6 is 0 Å². The van der Waals surface area contributed by atoms with Crippen molar-refractivity contribution in [2.45, 2.75) is 45.6 Å². The Morgan fingerprint density at radius 1 is 1.03 bits per heavy atom. The zero-order chi connectivity index (χ0) is 26.4. The van der Waals surface area contributed by atoms with Crippen LogP contribution in [0.15, 0.2) is 54.1 Å². The smallest absolute Gasteiger partial charge is 0.295 e. The number of rotatable bonds is 10. The monoisotopic (exact) mass is 506 g/mol. The molecule has 2 heterocycles. The van der Waals surface area contributed by atoms with E-state index in [-0.39, 0.29) is 11.3 Å². The molecule has 1 N–H and O–H groups in total. The largest absolute Gasteiger partial charge is 0.507 e. The maximum atomic E-state index is 13.3. The van der Waals surface area contributed by atoms with Crippen molar-refractivity contribution in [2.24, 2.45) is 0 Å². The molecule has 0 aliphatic carbocycles. The Hall–Kier alpha value is -3.16. The van der Waals surface area contributed by atoms with Crippen molar-refractivity contribution in [2.75, 3.05) is 46.0 Å². The third kappa shape index (κ3) is 6.22. The average molecular weight is 507 g/mol. The number of morpholine rings is 1. The molecule has 0 spiro atoms. The fraction of sp³-hybridized carbons (Fsp3) is 0.467. The first-order valence-electron chi connectivity index (χ1n) is 13.3. The van der Waals surface area contributed by atoms with Gasteiger partial charge >= 0.3 is 0 Å². The van der Waals surface area contributed by atoms with Crippen molar-refractivity contribution in [1.82, 2.24) is 9.80 Å². The molecule has 198 valence electrons. The number of carbonyl (C=O) groups is 2. The van der Waals surface area contributed by atoms with Gasteiger partial charge < -0.3 is 19.5 Å². The zero-order valence-electron chi connectivity index (χ0n) is 22.1. The molecule has 37 heavy (non-hydrogen) atoms. The van der Waals surface area contributed by atoms with E-state index in [2.05, 4.69) is 18.7 Å². The zero-order valence-corrected chi connectivity index (χ0v) is 22.1. The minimum Gasteiger partial charge on any atom is -0.507 e. The number of ether oxygens (including phenoxy) is 2. The topological polar surface area (TPSA) is 79.3 Å². The lowest BCUT2D eigenvalue weighted by molar-refractivity contribution is -0.140. The molecular weight excluding hydrogens is 468 g/mol. The molecule has 0 saturated carbocycles. The normalized spacial score (nSPS) is 20.1. The van der Waals surface area contributed by atoms with Crippen molar-refractivity contribution in [3.05, 3.63) is 70.8 Å². The summed E-state index contributed by atoms with van der Waals surface area (Å²) in [6.07, 6.45) is 1.63. The van der Waals surface area contributed by atoms with Crippen LogP contribution in [0, 0.1) is 0 Å². The van der Waals surface area contributed by atoms with Crippen molar-refractivity contribution in [3.8, 4) is 5.75 Å². The molecule has 1 unspecified atom stereocenters. The number of aliphatic hydroxyl groups is 1. The van der Waals surface area contributed by atoms with Crippen molar-refractivity contribution >= 4 is 17.4 Å². The summed E-state index contributed by atoms with van der Waals surface area (Å²) in [6.45, 7) is 11.3. The van der Waals surface area contributed by atoms with Gasteiger partial charge in [0.15, 0.2) is 0 Å². The van der Waals surface area contributed by atoms with Gasteiger partial charge in [0.05, 0.1) is 31.4 Å². The predicted molar refractivity (Wildman–Crippen MR) is 144 cm³/mol. The molecular formula is C30H38N2O5. The van der Waals surface area contributed by atoms with Crippen LogP contribution in [0.2, 0.25) is 0 Å². The van der Waals surface area contributed by atoms with Gasteiger partial charge in [-0.15, -0.1) is 0 Å². The van der Waals surface area contributed by atoms with Crippen LogP contribution < -0.4 is 4.74 Å². The summed E-state index contributed by atoms with van der Waals surface area (Å²) < 4.78 is 11.1. The summed E-state index contributed by atoms with van der Waals surface area (Å²) in [7, 11) is 0. The number of aliphatic hydroxyl groups excluding tert-OH is 1. The highest BCUT2D eigenvalue weighted by atomic mass is 16.5. The number of benzene rings is 2. The standard InChI is InChI=1S/C30H38N2O5/c1-4-18-37-25-12-10-24(11-13-25)28(33)26-27(23-8-6-22(7-9-23)21(2)3)32(30(35)29(26)34)15-5-14-31-16-19-36-20-17-31/h6-13,21,27,33H,4-5,14-20H2,1-3H3/b28-26+. The Morgan fingerprint density at radius 3 is 2.32 bits per heavy atom. The lowest BCUT2D eigenvalue weighted by atomic mass is 9.93. The van der Waals surface area contributed by atoms with Crippen molar-refractivity contribution in [1.29, 1.82) is 0 Å². The van der Waals surface area contributed by atoms with E-state index in [1.54, 1.807) is 29.2 Å². The molecule has 2 aromatic rings. The highest BCUT2D eigenvalue weighted by molar-refractivity contribution is 6.46. The number of Topliss-reactive ketones (excluding diaryl/α,β-unsaturated/α-hetero) is 1. The highest BCUT2D eigenvalue weighted by Gasteiger charge is 2.45. The molecule has 2 saturated heterocycles. The van der Waals surface area contributed by atoms with Gasteiger partial charge in [-0.25, -0.2) is 0 Å². The second kappa shape index (κ2) is 12.4. The molecule has 4 rings (SSSR count). The minimum absolute atomic E-state index is 0.135. The molecule has 0 aromatic heterocycles. The lowest BCUT2D eigenvalue weighted by Crippen LogP contribution is -2.38. The van der Waals surface area contributed by atoms with Crippen LogP contribution in [-0.2, 0) is 14.3 Å². The minimum atomic E-state index is -0.645. The maximum absolute atomic E-state index is 13.3. The summed E-state index contributed by atoms with van der Waals surface area (Å²) >= 11 is 0. The van der Waals surface area contributed by atoms with Crippen LogP contribution in [0.25, 0.3) is 5.76 Å². The first kappa shape index (κ1) is 26.9. The second-order valence-corrected chi connectivity index (χ2v) is 9.99. The third-order valence-corrected chi connectivity index (χ3v) is 7.04. The molecule has 2 fully saturated rings. The van der Waals surface area contributed by atoms with E-state index < -0.39 is 17.7 Å². The summed E-state index contributed by atoms with van der Waals surface area (Å²) in [5, 5.41) is 11.3. The van der Waals surface area contributed by atoms with E-state index in [0.29, 0.717) is 30.4 Å². The molecule has 2 aliphatic heterocycles. The number of likely N-dealkylation sites (tertiary alicyclic amines) is 1. The van der Waals surface area contributed by atoms with Crippen LogP contribution in [0.5, 0.6) is 5.75 Å². The molecule has 1 amide bonds. The fourth-order valence-corrected chi connectivity index (χ4v) is 4.89. The fourth-order valence-electron chi connectivity index (χ4n) is 4.89. The number of ketones is 1. The number of amides is 1. The summed E-state index contributed by atoms with van der Waals surface area (Å²) in [4.78, 5) is 30.5. The predicted octanol–water partition coefficient (Wildman–Crippen LogP) is 4.74. The van der Waals surface area contributed by atoms with E-state index in [9.17, 15) is 14.7 Å². The Labute approximate surface area is 219 Å². The van der Waals surface area contributed by atoms with Gasteiger partial charge in [0.25, 0.3) is 11.7 Å². The van der Waals surface area contributed by atoms with Gasteiger partial charge in [-0.05, 0) is 54.2 Å². The number of carbonyl (C=O) groups excluding carboxylic acids is 2. The molecule has 7 heteroatoms. The number of hydrogen-bond acceptors (Lipinski definition) is 6. The van der Waals surface area contributed by atoms with Gasteiger partial charge in [-0.3, -0.25) is 14.5 Å². The van der Waals surface area contributed by atoms with Gasteiger partial charge in [-0.2, -0.15) is 0 Å². The first-order valence-corrected chi connectivity index (χ1v) is 13.3. The molecule has 7 nitrogen and oxygen atoms in total. The SMILES string of the molecule is CCCOc1ccc(/C(O)=C2\C(=O)C(=O)N(CCCN3CCOCC3)C2c2ccc(C(C)C)cc2)cc1. The molecule has 2 aromatic carbocycles. The Kier molecular flexibility index (Phi) is 9.00. The van der Waals surface area contributed by atoms with Gasteiger partial charge in [0, 0.05) is 31.7 Å². The van der Waals surface area contributed by atoms with Crippen LogP contribution in [0.4, 0.5) is 0 Å². The van der Waals surface area contributed by atoms with Gasteiger partial charge in [-0.1, -0.05) is 45.0 Å². The van der Waals surface area contributed by atoms with E-state index in [1.807, 2.05) is 31.2 Å². The maximum Gasteiger partial charge on any atom is 0.295 e. The van der Waals surface area contributed by atoms with Crippen LogP contribution in [0.1, 0.15) is 62.3 Å². The molecule has 1 atom stereocenters. The Bertz CT molecular complexity index is 1100. The highest BCUT2D eigenvalue weighted by Crippen LogP contribution is 2.40. The third-order valence-electron chi connectivity index (χ3n) is 7.04. The summed E-state index contributed by atoms with van der Waals surface area (Å²) in [5.41, 5.74) is 2.62. The van der Waals surface area contributed by atoms with Crippen molar-refractivity contribution in [3.63, 3.8) is 0 Å². The molecule has 0 radical (unpaired) electrons. The Morgan fingerprint density at radius 2 is 1.70 bits per heavy atom. The lowest BCUT2D eigenvalue weighted by Gasteiger charge is -2.29. The molecule has 0 bridgehead atoms. The number of hydrogen-bond donors (Lipinski definition) is 1. The van der Waals surface area contributed by atoms with E-state index in [0.717, 1.165) is 51.3 Å². The number of nitrogens with zero attached hydrogens (tertiary/aromatic N) is 2. The van der Waals surface area contributed by atoms with Gasteiger partial charge in [0.1, 0.15) is 11.5 Å². The summed E-state index contributed by atoms with van der Waals surface area (Å²) in [5.74, 6) is -0.309. The van der Waals surface area contributed by atoms with Crippen LogP contribution in [0.3, 0.4) is 0 Å². The quantitative estimate of drug-likeness (QED) is 0.285. The van der Waals surface area contributed by atoms with E-state index in [1.165, 1.54) is 5.56 Å². The van der Waals surface area contributed by atoms with Crippen LogP contribution in [-0.4, -0.2) is 72.6 Å². The first-order chi connectivity index (χ1) is 17.9. The van der Waals surface area contributed by atoms with E-state index in [4.69, 9.17) is 9.47 Å².